The van der Waals surface area contributed by atoms with E-state index in [1.165, 1.54) is 16.3 Å². The molecular formula is C27H29FN2O2. The highest BCUT2D eigenvalue weighted by atomic mass is 19.1. The first-order valence-corrected chi connectivity index (χ1v) is 11.3. The number of fused-ring (bicyclic) bond motifs is 1. The van der Waals surface area contributed by atoms with Crippen LogP contribution in [-0.4, -0.2) is 43.2 Å². The number of halogens is 1. The summed E-state index contributed by atoms with van der Waals surface area (Å²) in [7, 11) is 1.92. The number of hydrogen-bond acceptors (Lipinski definition) is 3. The van der Waals surface area contributed by atoms with Gasteiger partial charge in [0, 0.05) is 18.2 Å². The molecule has 1 heterocycles. The molecule has 2 aliphatic rings. The molecule has 1 amide bonds. The Morgan fingerprint density at radius 3 is 2.69 bits per heavy atom. The molecule has 0 spiro atoms. The highest BCUT2D eigenvalue weighted by Gasteiger charge is 2.46. The van der Waals surface area contributed by atoms with Crippen molar-refractivity contribution in [2.24, 2.45) is 0 Å². The van der Waals surface area contributed by atoms with Gasteiger partial charge in [-0.25, -0.2) is 4.39 Å². The number of alkyl halides is 1. The maximum atomic E-state index is 13.6. The van der Waals surface area contributed by atoms with Crippen LogP contribution in [0.4, 0.5) is 4.39 Å². The summed E-state index contributed by atoms with van der Waals surface area (Å²) in [6.07, 6.45) is 1.56. The number of likely N-dealkylation sites (tertiary alicyclic amines) is 1. The minimum absolute atomic E-state index is 0.0599. The highest BCUT2D eigenvalue weighted by Crippen LogP contribution is 2.48. The molecule has 4 nitrogen and oxygen atoms in total. The molecule has 1 saturated heterocycles. The molecule has 2 unspecified atom stereocenters. The zero-order valence-corrected chi connectivity index (χ0v) is 18.6. The Labute approximate surface area is 188 Å². The smallest absolute Gasteiger partial charge is 0.252 e. The van der Waals surface area contributed by atoms with E-state index in [1.807, 2.05) is 49.2 Å². The van der Waals surface area contributed by atoms with E-state index in [0.717, 1.165) is 18.4 Å². The largest absolute Gasteiger partial charge is 0.492 e. The fraction of sp³-hybridized carbons (Fsp3) is 0.370. The fourth-order valence-electron chi connectivity index (χ4n) is 4.85. The van der Waals surface area contributed by atoms with Gasteiger partial charge in [-0.05, 0) is 67.3 Å². The summed E-state index contributed by atoms with van der Waals surface area (Å²) in [4.78, 5) is 15.3. The van der Waals surface area contributed by atoms with Crippen molar-refractivity contribution in [2.75, 3.05) is 20.2 Å². The van der Waals surface area contributed by atoms with Gasteiger partial charge >= 0.3 is 0 Å². The monoisotopic (exact) mass is 432 g/mol. The predicted molar refractivity (Wildman–Crippen MR) is 125 cm³/mol. The van der Waals surface area contributed by atoms with E-state index in [9.17, 15) is 9.18 Å². The van der Waals surface area contributed by atoms with Gasteiger partial charge in [-0.15, -0.1) is 0 Å². The van der Waals surface area contributed by atoms with Crippen LogP contribution in [0.15, 0.2) is 60.7 Å². The molecule has 0 radical (unpaired) electrons. The van der Waals surface area contributed by atoms with Gasteiger partial charge in [0.2, 0.25) is 0 Å². The van der Waals surface area contributed by atoms with Crippen molar-refractivity contribution in [2.45, 2.75) is 43.9 Å². The van der Waals surface area contributed by atoms with Gasteiger partial charge in [-0.2, -0.15) is 0 Å². The number of aryl methyl sites for hydroxylation is 1. The van der Waals surface area contributed by atoms with Crippen molar-refractivity contribution in [3.63, 3.8) is 0 Å². The van der Waals surface area contributed by atoms with Crippen molar-refractivity contribution in [3.05, 3.63) is 77.4 Å². The van der Waals surface area contributed by atoms with E-state index >= 15 is 0 Å². The van der Waals surface area contributed by atoms with Crippen LogP contribution in [0.25, 0.3) is 10.8 Å². The number of nitrogens with zero attached hydrogens (tertiary/aromatic N) is 1. The van der Waals surface area contributed by atoms with Crippen LogP contribution < -0.4 is 10.1 Å². The van der Waals surface area contributed by atoms with E-state index in [4.69, 9.17) is 4.74 Å². The molecule has 5 rings (SSSR count). The lowest BCUT2D eigenvalue weighted by Gasteiger charge is -2.22. The molecule has 2 atom stereocenters. The van der Waals surface area contributed by atoms with E-state index in [-0.39, 0.29) is 17.5 Å². The number of benzene rings is 3. The number of ether oxygens (including phenoxy) is 1. The maximum Gasteiger partial charge on any atom is 0.252 e. The second-order valence-electron chi connectivity index (χ2n) is 9.28. The van der Waals surface area contributed by atoms with Crippen LogP contribution in [0.2, 0.25) is 0 Å². The molecule has 2 fully saturated rings. The first-order chi connectivity index (χ1) is 15.4. The molecule has 1 saturated carbocycles. The average molecular weight is 433 g/mol. The van der Waals surface area contributed by atoms with Gasteiger partial charge in [0.15, 0.2) is 0 Å². The molecule has 0 bridgehead atoms. The molecule has 3 aromatic carbocycles. The molecule has 32 heavy (non-hydrogen) atoms. The van der Waals surface area contributed by atoms with Gasteiger partial charge in [0.05, 0.1) is 5.54 Å². The van der Waals surface area contributed by atoms with E-state index in [1.54, 1.807) is 0 Å². The summed E-state index contributed by atoms with van der Waals surface area (Å²) in [5.41, 5.74) is 2.39. The van der Waals surface area contributed by atoms with Crippen LogP contribution >= 0.6 is 0 Å². The normalized spacial score (nSPS) is 22.1. The van der Waals surface area contributed by atoms with Gasteiger partial charge in [-0.3, -0.25) is 9.69 Å². The summed E-state index contributed by atoms with van der Waals surface area (Å²) in [6.45, 7) is 2.81. The molecule has 3 aromatic rings. The number of carbonyl (C=O) groups excluding carboxylic acids is 1. The number of amides is 1. The van der Waals surface area contributed by atoms with Gasteiger partial charge in [0.1, 0.15) is 18.5 Å². The minimum Gasteiger partial charge on any atom is -0.492 e. The Balaban J connectivity index is 1.34. The van der Waals surface area contributed by atoms with Crippen molar-refractivity contribution in [3.8, 4) is 5.75 Å². The van der Waals surface area contributed by atoms with Crippen molar-refractivity contribution in [1.29, 1.82) is 0 Å². The molecule has 1 N–H and O–H groups in total. The number of hydrogen-bond donors (Lipinski definition) is 1. The highest BCUT2D eigenvalue weighted by molar-refractivity contribution is 5.97. The van der Waals surface area contributed by atoms with Crippen molar-refractivity contribution < 1.29 is 13.9 Å². The number of nitrogens with one attached hydrogen (secondary N) is 1. The summed E-state index contributed by atoms with van der Waals surface area (Å²) in [5.74, 6) is 0.562. The second-order valence-corrected chi connectivity index (χ2v) is 9.28. The van der Waals surface area contributed by atoms with Crippen LogP contribution in [0, 0.1) is 6.92 Å². The Kier molecular flexibility index (Phi) is 5.38. The third kappa shape index (κ3) is 3.97. The van der Waals surface area contributed by atoms with Crippen LogP contribution in [0.5, 0.6) is 5.75 Å². The third-order valence-corrected chi connectivity index (χ3v) is 6.94. The van der Waals surface area contributed by atoms with Gasteiger partial charge < -0.3 is 10.1 Å². The van der Waals surface area contributed by atoms with E-state index in [2.05, 4.69) is 35.6 Å². The minimum atomic E-state index is -0.795. The first-order valence-electron chi connectivity index (χ1n) is 11.3. The van der Waals surface area contributed by atoms with Crippen LogP contribution in [0.3, 0.4) is 0 Å². The topological polar surface area (TPSA) is 41.6 Å². The number of rotatable bonds is 6. The Hall–Kier alpha value is -2.92. The van der Waals surface area contributed by atoms with E-state index in [0.29, 0.717) is 30.9 Å². The summed E-state index contributed by atoms with van der Waals surface area (Å²) in [5, 5.41) is 5.69. The zero-order chi connectivity index (χ0) is 22.3. The predicted octanol–water partition coefficient (Wildman–Crippen LogP) is 4.99. The zero-order valence-electron chi connectivity index (χ0n) is 18.6. The molecule has 1 aliphatic heterocycles. The van der Waals surface area contributed by atoms with E-state index < -0.39 is 6.17 Å². The third-order valence-electron chi connectivity index (χ3n) is 6.94. The lowest BCUT2D eigenvalue weighted by molar-refractivity contribution is 0.0930. The molecular weight excluding hydrogens is 403 g/mol. The average Bonchev–Trinajstić information content (AvgIpc) is 3.49. The summed E-state index contributed by atoms with van der Waals surface area (Å²) in [6, 6.07) is 20.3. The van der Waals surface area contributed by atoms with Gasteiger partial charge in [0.25, 0.3) is 5.91 Å². The molecule has 5 heteroatoms. The maximum absolute atomic E-state index is 13.6. The number of likely N-dealkylation sites (N-methyl/N-ethyl adjacent to an activating group) is 1. The lowest BCUT2D eigenvalue weighted by Crippen LogP contribution is -2.35. The Morgan fingerprint density at radius 2 is 1.94 bits per heavy atom. The van der Waals surface area contributed by atoms with Crippen molar-refractivity contribution >= 4 is 16.7 Å². The lowest BCUT2D eigenvalue weighted by atomic mass is 9.96. The van der Waals surface area contributed by atoms with Crippen molar-refractivity contribution in [1.82, 2.24) is 10.2 Å². The molecule has 0 aromatic heterocycles. The standard InChI is InChI=1S/C27H29FN2O2/c1-18-10-11-22(32-17-21-14-20(28)16-30(21)2)15-24(18)26(31)29-27(12-13-27)25-9-5-7-19-6-3-4-8-23(19)25/h3-11,15,20-21H,12-14,16-17H2,1-2H3,(H,29,31). The number of carbonyl (C=O) groups is 1. The van der Waals surface area contributed by atoms with Crippen LogP contribution in [-0.2, 0) is 5.54 Å². The Bertz CT molecular complexity index is 1150. The van der Waals surface area contributed by atoms with Crippen LogP contribution in [0.1, 0.15) is 40.7 Å². The fourth-order valence-corrected chi connectivity index (χ4v) is 4.85. The quantitative estimate of drug-likeness (QED) is 0.597. The second kappa shape index (κ2) is 8.21. The molecule has 1 aliphatic carbocycles. The van der Waals surface area contributed by atoms with Gasteiger partial charge in [-0.1, -0.05) is 48.5 Å². The Morgan fingerprint density at radius 1 is 1.16 bits per heavy atom. The first kappa shape index (κ1) is 21.0. The summed E-state index contributed by atoms with van der Waals surface area (Å²) < 4.78 is 19.6. The SMILES string of the molecule is Cc1ccc(OCC2CC(F)CN2C)cc1C(=O)NC1(c2cccc3ccccc23)CC1. The summed E-state index contributed by atoms with van der Waals surface area (Å²) >= 11 is 0. The molecule has 166 valence electrons.